The van der Waals surface area contributed by atoms with Crippen LogP contribution in [0.15, 0.2) is 30.3 Å². The van der Waals surface area contributed by atoms with Crippen molar-refractivity contribution in [3.63, 3.8) is 0 Å². The molecule has 0 aliphatic heterocycles. The van der Waals surface area contributed by atoms with E-state index >= 15 is 0 Å². The predicted molar refractivity (Wildman–Crippen MR) is 102 cm³/mol. The maximum atomic E-state index is 5.86. The molecule has 2 saturated carbocycles. The van der Waals surface area contributed by atoms with Gasteiger partial charge in [-0.3, -0.25) is 0 Å². The summed E-state index contributed by atoms with van der Waals surface area (Å²) in [5, 5.41) is 2.03. The summed E-state index contributed by atoms with van der Waals surface area (Å²) in [6, 6.07) is 11.1. The second-order valence-electron chi connectivity index (χ2n) is 7.65. The van der Waals surface area contributed by atoms with Gasteiger partial charge in [0.2, 0.25) is 0 Å². The molecule has 2 fully saturated rings. The molecule has 0 spiro atoms. The lowest BCUT2D eigenvalue weighted by Gasteiger charge is -2.56. The molecular formula is C20H31NOS. The third-order valence-corrected chi connectivity index (χ3v) is 6.37. The molecule has 128 valence electrons. The van der Waals surface area contributed by atoms with E-state index < -0.39 is 0 Å². The van der Waals surface area contributed by atoms with Gasteiger partial charge in [0.1, 0.15) is 0 Å². The van der Waals surface area contributed by atoms with E-state index in [1.165, 1.54) is 38.3 Å². The molecule has 3 heteroatoms. The lowest BCUT2D eigenvalue weighted by atomic mass is 9.50. The van der Waals surface area contributed by atoms with E-state index in [0.717, 1.165) is 0 Å². The fourth-order valence-electron chi connectivity index (χ4n) is 5.32. The van der Waals surface area contributed by atoms with E-state index in [2.05, 4.69) is 49.9 Å². The first-order valence-electron chi connectivity index (χ1n) is 8.64. The minimum atomic E-state index is 0.158. The molecule has 2 nitrogen and oxygen atoms in total. The molecule has 23 heavy (non-hydrogen) atoms. The largest absolute Gasteiger partial charge is 0.381 e. The van der Waals surface area contributed by atoms with E-state index in [1.54, 1.807) is 0 Å². The molecule has 0 heterocycles. The van der Waals surface area contributed by atoms with E-state index in [0.29, 0.717) is 17.9 Å². The Morgan fingerprint density at radius 1 is 1.17 bits per heavy atom. The first-order valence-corrected chi connectivity index (χ1v) is 9.11. The van der Waals surface area contributed by atoms with Crippen LogP contribution in [0.4, 0.5) is 0 Å². The molecule has 5 atom stereocenters. The summed E-state index contributed by atoms with van der Waals surface area (Å²) < 4.78 is 5.86. The summed E-state index contributed by atoms with van der Waals surface area (Å²) in [6.45, 7) is 4.70. The summed E-state index contributed by atoms with van der Waals surface area (Å²) in [5.41, 5.74) is 6.44. The highest BCUT2D eigenvalue weighted by atomic mass is 32.1. The third kappa shape index (κ3) is 3.52. The van der Waals surface area contributed by atoms with Gasteiger partial charge < -0.3 is 10.5 Å². The Kier molecular flexibility index (Phi) is 5.99. The highest BCUT2D eigenvalue weighted by Gasteiger charge is 2.53. The van der Waals surface area contributed by atoms with Gasteiger partial charge in [-0.05, 0) is 66.3 Å². The van der Waals surface area contributed by atoms with Crippen LogP contribution >= 0.6 is 12.2 Å². The molecule has 1 aromatic carbocycles. The molecule has 0 radical (unpaired) electrons. The highest BCUT2D eigenvalue weighted by Crippen LogP contribution is 2.57. The zero-order valence-electron chi connectivity index (χ0n) is 14.9. The molecule has 0 amide bonds. The smallest absolute Gasteiger partial charge is 0.0625 e. The first-order chi connectivity index (χ1) is 11.0. The lowest BCUT2D eigenvalue weighted by Crippen LogP contribution is -2.53. The first kappa shape index (κ1) is 18.6. The van der Waals surface area contributed by atoms with Crippen LogP contribution in [0.1, 0.15) is 45.1 Å². The van der Waals surface area contributed by atoms with Gasteiger partial charge in [-0.1, -0.05) is 56.4 Å². The predicted octanol–water partition coefficient (Wildman–Crippen LogP) is 4.36. The van der Waals surface area contributed by atoms with Crippen LogP contribution in [-0.4, -0.2) is 25.6 Å². The van der Waals surface area contributed by atoms with Crippen LogP contribution in [0.5, 0.6) is 0 Å². The van der Waals surface area contributed by atoms with Crippen molar-refractivity contribution in [2.75, 3.05) is 14.2 Å². The van der Waals surface area contributed by atoms with Gasteiger partial charge in [-0.2, -0.15) is 0 Å². The minimum absolute atomic E-state index is 0.158. The topological polar surface area (TPSA) is 35.2 Å². The van der Waals surface area contributed by atoms with Crippen LogP contribution in [0.3, 0.4) is 0 Å². The van der Waals surface area contributed by atoms with Crippen LogP contribution in [0.2, 0.25) is 0 Å². The number of fused-ring (bicyclic) bond motifs is 2. The van der Waals surface area contributed by atoms with E-state index in [9.17, 15) is 0 Å². The average Bonchev–Trinajstić information content (AvgIpc) is 2.57. The molecule has 0 aromatic heterocycles. The second-order valence-corrected chi connectivity index (χ2v) is 7.88. The van der Waals surface area contributed by atoms with Crippen molar-refractivity contribution in [3.8, 4) is 0 Å². The van der Waals surface area contributed by atoms with Gasteiger partial charge in [-0.15, -0.1) is 0 Å². The van der Waals surface area contributed by atoms with E-state index in [-0.39, 0.29) is 10.8 Å². The zero-order valence-corrected chi connectivity index (χ0v) is 15.7. The van der Waals surface area contributed by atoms with Gasteiger partial charge in [0.05, 0.1) is 6.10 Å². The fraction of sp³-hybridized carbons (Fsp3) is 0.650. The van der Waals surface area contributed by atoms with Crippen molar-refractivity contribution >= 4 is 17.6 Å². The molecule has 2 aliphatic carbocycles. The van der Waals surface area contributed by atoms with Crippen molar-refractivity contribution in [2.24, 2.45) is 23.0 Å². The summed E-state index contributed by atoms with van der Waals surface area (Å²) in [4.78, 5) is 0. The third-order valence-electron chi connectivity index (χ3n) is 5.80. The van der Waals surface area contributed by atoms with E-state index in [4.69, 9.17) is 17.0 Å². The van der Waals surface area contributed by atoms with Crippen molar-refractivity contribution in [3.05, 3.63) is 35.9 Å². The number of benzene rings is 1. The average molecular weight is 334 g/mol. The Hall–Kier alpha value is -0.770. The van der Waals surface area contributed by atoms with Crippen molar-refractivity contribution in [2.45, 2.75) is 51.0 Å². The molecule has 3 rings (SSSR count). The molecule has 5 unspecified atom stereocenters. The molecule has 2 aliphatic rings. The summed E-state index contributed by atoms with van der Waals surface area (Å²) in [5.74, 6) is 1.24. The standard InChI is InChI=1S/C19H26OS.CH5N/c1-14-9-19(16-7-5-4-6-8-16)11-15(17(14)20-3)10-18(2,12-19)13-21;1-2/h4-8,13-15,17H,9-12H2,1-3H3;2H2,1H3. The normalized spacial score (nSPS) is 39.1. The Morgan fingerprint density at radius 2 is 1.83 bits per heavy atom. The number of hydrogen-bond acceptors (Lipinski definition) is 3. The molecular weight excluding hydrogens is 302 g/mol. The Bertz CT molecular complexity index is 516. The highest BCUT2D eigenvalue weighted by molar-refractivity contribution is 7.79. The van der Waals surface area contributed by atoms with Crippen molar-refractivity contribution < 1.29 is 4.74 Å². The molecule has 2 bridgehead atoms. The Balaban J connectivity index is 0.000000924. The number of nitrogens with two attached hydrogens (primary N) is 1. The van der Waals surface area contributed by atoms with Crippen LogP contribution in [0, 0.1) is 17.3 Å². The number of rotatable bonds is 3. The molecule has 2 N–H and O–H groups in total. The fourth-order valence-corrected chi connectivity index (χ4v) is 5.50. The van der Waals surface area contributed by atoms with Crippen LogP contribution in [0.25, 0.3) is 0 Å². The van der Waals surface area contributed by atoms with Crippen LogP contribution in [-0.2, 0) is 10.2 Å². The number of methoxy groups -OCH3 is 1. The zero-order chi connectivity index (χ0) is 17.1. The monoisotopic (exact) mass is 333 g/mol. The number of thiocarbonyl (C=S) groups is 1. The maximum absolute atomic E-state index is 5.86. The SMILES string of the molecule is CN.COC1C(C)CC2(c3ccccc3)CC1CC(C)(C=S)C2. The summed E-state index contributed by atoms with van der Waals surface area (Å²) >= 11 is 5.40. The van der Waals surface area contributed by atoms with Gasteiger partial charge in [0, 0.05) is 7.11 Å². The quantitative estimate of drug-likeness (QED) is 0.835. The number of ether oxygens (including phenoxy) is 1. The maximum Gasteiger partial charge on any atom is 0.0625 e. The Labute approximate surface area is 146 Å². The minimum Gasteiger partial charge on any atom is -0.381 e. The lowest BCUT2D eigenvalue weighted by molar-refractivity contribution is -0.0769. The molecule has 0 saturated heterocycles. The molecule has 1 aromatic rings. The summed E-state index contributed by atoms with van der Waals surface area (Å²) in [6.07, 6.45) is 5.21. The Morgan fingerprint density at radius 3 is 2.39 bits per heavy atom. The van der Waals surface area contributed by atoms with Gasteiger partial charge in [0.15, 0.2) is 0 Å². The second kappa shape index (κ2) is 7.42. The van der Waals surface area contributed by atoms with Crippen molar-refractivity contribution in [1.29, 1.82) is 0 Å². The van der Waals surface area contributed by atoms with Gasteiger partial charge in [0.25, 0.3) is 0 Å². The van der Waals surface area contributed by atoms with Crippen molar-refractivity contribution in [1.82, 2.24) is 0 Å². The van der Waals surface area contributed by atoms with Crippen LogP contribution < -0.4 is 5.73 Å². The van der Waals surface area contributed by atoms with E-state index in [1.807, 2.05) is 12.5 Å². The number of hydrogen-bond donors (Lipinski definition) is 1. The van der Waals surface area contributed by atoms with Gasteiger partial charge in [-0.25, -0.2) is 0 Å². The van der Waals surface area contributed by atoms with Gasteiger partial charge >= 0.3 is 0 Å². The summed E-state index contributed by atoms with van der Waals surface area (Å²) in [7, 11) is 3.38.